The van der Waals surface area contributed by atoms with Gasteiger partial charge in [0.05, 0.1) is 0 Å². The Morgan fingerprint density at radius 3 is 3.00 bits per heavy atom. The number of nitrogen functional groups attached to an aromatic ring is 1. The summed E-state index contributed by atoms with van der Waals surface area (Å²) >= 11 is 4.91. The van der Waals surface area contributed by atoms with E-state index < -0.39 is 0 Å². The minimum Gasteiger partial charge on any atom is -0.383 e. The predicted octanol–water partition coefficient (Wildman–Crippen LogP) is 2.80. The zero-order chi connectivity index (χ0) is 11.1. The average molecular weight is 295 g/mol. The summed E-state index contributed by atoms with van der Waals surface area (Å²) in [5.41, 5.74) is 6.74. The number of fused-ring (bicyclic) bond motifs is 1. The maximum absolute atomic E-state index is 5.76. The largest absolute Gasteiger partial charge is 0.383 e. The maximum Gasteiger partial charge on any atom is 0.214 e. The molecular formula is C10H7BrN4S. The van der Waals surface area contributed by atoms with Gasteiger partial charge in [-0.2, -0.15) is 9.50 Å². The number of hydrogen-bond acceptors (Lipinski definition) is 4. The molecular weight excluding hydrogens is 288 g/mol. The highest BCUT2D eigenvalue weighted by Crippen LogP contribution is 2.23. The second-order valence-electron chi connectivity index (χ2n) is 3.30. The number of halogens is 1. The van der Waals surface area contributed by atoms with Crippen LogP contribution < -0.4 is 5.73 Å². The minimum atomic E-state index is 0.619. The van der Waals surface area contributed by atoms with Gasteiger partial charge in [0.2, 0.25) is 4.96 Å². The molecule has 2 heterocycles. The third-order valence-corrected chi connectivity index (χ3v) is 3.52. The van der Waals surface area contributed by atoms with Gasteiger partial charge in [-0.05, 0) is 12.1 Å². The summed E-state index contributed by atoms with van der Waals surface area (Å²) in [4.78, 5) is 5.23. The van der Waals surface area contributed by atoms with Gasteiger partial charge in [0.25, 0.3) is 0 Å². The van der Waals surface area contributed by atoms with E-state index in [1.807, 2.05) is 29.6 Å². The van der Waals surface area contributed by atoms with E-state index in [2.05, 4.69) is 26.0 Å². The fourth-order valence-electron chi connectivity index (χ4n) is 1.46. The monoisotopic (exact) mass is 294 g/mol. The van der Waals surface area contributed by atoms with Crippen molar-refractivity contribution in [3.8, 4) is 11.4 Å². The number of nitrogens with two attached hydrogens (primary N) is 1. The van der Waals surface area contributed by atoms with Crippen molar-refractivity contribution in [2.75, 3.05) is 5.73 Å². The lowest BCUT2D eigenvalue weighted by molar-refractivity contribution is 0.993. The smallest absolute Gasteiger partial charge is 0.214 e. The molecule has 3 rings (SSSR count). The van der Waals surface area contributed by atoms with Crippen molar-refractivity contribution in [1.82, 2.24) is 14.6 Å². The Bertz CT molecular complexity index is 658. The topological polar surface area (TPSA) is 56.2 Å². The van der Waals surface area contributed by atoms with E-state index in [4.69, 9.17) is 5.73 Å². The van der Waals surface area contributed by atoms with Crippen LogP contribution in [0.3, 0.4) is 0 Å². The van der Waals surface area contributed by atoms with E-state index in [1.54, 1.807) is 4.52 Å². The summed E-state index contributed by atoms with van der Waals surface area (Å²) in [5.74, 6) is 1.31. The normalized spacial score (nSPS) is 11.1. The predicted molar refractivity (Wildman–Crippen MR) is 68.4 cm³/mol. The zero-order valence-corrected chi connectivity index (χ0v) is 10.5. The SMILES string of the molecule is Nc1csc2nc(-c3cccc(Br)c3)nn12. The lowest BCUT2D eigenvalue weighted by atomic mass is 10.2. The fourth-order valence-corrected chi connectivity index (χ4v) is 2.57. The molecule has 0 fully saturated rings. The van der Waals surface area contributed by atoms with Crippen LogP contribution in [0.25, 0.3) is 16.3 Å². The standard InChI is InChI=1S/C10H7BrN4S/c11-7-3-1-2-6(4-7)9-13-10-15(14-9)8(12)5-16-10/h1-5H,12H2. The van der Waals surface area contributed by atoms with Crippen molar-refractivity contribution >= 4 is 38.0 Å². The molecule has 1 aromatic carbocycles. The van der Waals surface area contributed by atoms with Crippen LogP contribution in [-0.4, -0.2) is 14.6 Å². The highest BCUT2D eigenvalue weighted by molar-refractivity contribution is 9.10. The van der Waals surface area contributed by atoms with Gasteiger partial charge < -0.3 is 5.73 Å². The summed E-state index contributed by atoms with van der Waals surface area (Å²) in [6.07, 6.45) is 0. The van der Waals surface area contributed by atoms with Gasteiger partial charge in [0.1, 0.15) is 5.82 Å². The van der Waals surface area contributed by atoms with Crippen molar-refractivity contribution in [3.63, 3.8) is 0 Å². The Morgan fingerprint density at radius 1 is 1.38 bits per heavy atom. The summed E-state index contributed by atoms with van der Waals surface area (Å²) in [5, 5.41) is 6.19. The summed E-state index contributed by atoms with van der Waals surface area (Å²) in [6, 6.07) is 7.88. The highest BCUT2D eigenvalue weighted by atomic mass is 79.9. The molecule has 80 valence electrons. The number of thiazole rings is 1. The van der Waals surface area contributed by atoms with Gasteiger partial charge in [-0.25, -0.2) is 0 Å². The van der Waals surface area contributed by atoms with Crippen LogP contribution in [-0.2, 0) is 0 Å². The van der Waals surface area contributed by atoms with Crippen LogP contribution in [0.1, 0.15) is 0 Å². The second kappa shape index (κ2) is 3.57. The summed E-state index contributed by atoms with van der Waals surface area (Å²) in [6.45, 7) is 0. The molecule has 0 saturated carbocycles. The quantitative estimate of drug-likeness (QED) is 0.751. The minimum absolute atomic E-state index is 0.619. The van der Waals surface area contributed by atoms with Crippen LogP contribution >= 0.6 is 27.3 Å². The Morgan fingerprint density at radius 2 is 2.25 bits per heavy atom. The number of anilines is 1. The number of rotatable bonds is 1. The fraction of sp³-hybridized carbons (Fsp3) is 0. The van der Waals surface area contributed by atoms with Crippen LogP contribution in [0.4, 0.5) is 5.82 Å². The van der Waals surface area contributed by atoms with Gasteiger partial charge in [-0.15, -0.1) is 16.4 Å². The van der Waals surface area contributed by atoms with E-state index in [1.165, 1.54) is 11.3 Å². The molecule has 0 amide bonds. The van der Waals surface area contributed by atoms with Crippen molar-refractivity contribution in [3.05, 3.63) is 34.1 Å². The van der Waals surface area contributed by atoms with Crippen LogP contribution in [0, 0.1) is 0 Å². The Kier molecular flexibility index (Phi) is 2.19. The first kappa shape index (κ1) is 9.80. The van der Waals surface area contributed by atoms with Crippen LogP contribution in [0.5, 0.6) is 0 Å². The number of hydrogen-bond donors (Lipinski definition) is 1. The van der Waals surface area contributed by atoms with Gasteiger partial charge >= 0.3 is 0 Å². The van der Waals surface area contributed by atoms with Gasteiger partial charge in [0.15, 0.2) is 5.82 Å². The van der Waals surface area contributed by atoms with E-state index in [9.17, 15) is 0 Å². The molecule has 0 unspecified atom stereocenters. The number of benzene rings is 1. The first-order chi connectivity index (χ1) is 7.74. The highest BCUT2D eigenvalue weighted by Gasteiger charge is 2.09. The lowest BCUT2D eigenvalue weighted by Gasteiger charge is -1.95. The lowest BCUT2D eigenvalue weighted by Crippen LogP contribution is -1.92. The third kappa shape index (κ3) is 1.50. The van der Waals surface area contributed by atoms with Gasteiger partial charge in [-0.3, -0.25) is 0 Å². The Labute approximate surface area is 104 Å². The molecule has 2 N–H and O–H groups in total. The Balaban J connectivity index is 2.19. The molecule has 3 aromatic rings. The van der Waals surface area contributed by atoms with Crippen molar-refractivity contribution in [1.29, 1.82) is 0 Å². The zero-order valence-electron chi connectivity index (χ0n) is 8.09. The van der Waals surface area contributed by atoms with Crippen LogP contribution in [0.15, 0.2) is 34.1 Å². The molecule has 4 nitrogen and oxygen atoms in total. The average Bonchev–Trinajstić information content (AvgIpc) is 2.81. The molecule has 0 aliphatic rings. The molecule has 16 heavy (non-hydrogen) atoms. The van der Waals surface area contributed by atoms with Crippen molar-refractivity contribution in [2.24, 2.45) is 0 Å². The first-order valence-electron chi connectivity index (χ1n) is 4.60. The second-order valence-corrected chi connectivity index (χ2v) is 5.05. The first-order valence-corrected chi connectivity index (χ1v) is 6.27. The molecule has 0 atom stereocenters. The summed E-state index contributed by atoms with van der Waals surface area (Å²) in [7, 11) is 0. The van der Waals surface area contributed by atoms with Gasteiger partial charge in [0, 0.05) is 15.4 Å². The third-order valence-electron chi connectivity index (χ3n) is 2.19. The molecule has 0 radical (unpaired) electrons. The molecule has 0 aliphatic heterocycles. The molecule has 2 aromatic heterocycles. The summed E-state index contributed by atoms with van der Waals surface area (Å²) < 4.78 is 2.66. The van der Waals surface area contributed by atoms with Crippen molar-refractivity contribution in [2.45, 2.75) is 0 Å². The Hall–Kier alpha value is -1.40. The van der Waals surface area contributed by atoms with Crippen molar-refractivity contribution < 1.29 is 0 Å². The maximum atomic E-state index is 5.76. The molecule has 0 bridgehead atoms. The van der Waals surface area contributed by atoms with E-state index >= 15 is 0 Å². The number of nitrogens with zero attached hydrogens (tertiary/aromatic N) is 3. The van der Waals surface area contributed by atoms with E-state index in [0.717, 1.165) is 15.0 Å². The molecule has 6 heteroatoms. The molecule has 0 spiro atoms. The van der Waals surface area contributed by atoms with Crippen LogP contribution in [0.2, 0.25) is 0 Å². The van der Waals surface area contributed by atoms with E-state index in [-0.39, 0.29) is 0 Å². The molecule has 0 aliphatic carbocycles. The number of aromatic nitrogens is 3. The van der Waals surface area contributed by atoms with E-state index in [0.29, 0.717) is 11.6 Å². The van der Waals surface area contributed by atoms with Gasteiger partial charge in [-0.1, -0.05) is 28.1 Å². The molecule has 0 saturated heterocycles.